The second-order valence-corrected chi connectivity index (χ2v) is 8.27. The number of carboxylic acids is 1. The summed E-state index contributed by atoms with van der Waals surface area (Å²) in [6.07, 6.45) is 3.08. The molecule has 0 unspecified atom stereocenters. The molecule has 3 aromatic rings. The van der Waals surface area contributed by atoms with E-state index in [2.05, 4.69) is 11.6 Å². The van der Waals surface area contributed by atoms with Crippen molar-refractivity contribution < 1.29 is 23.1 Å². The van der Waals surface area contributed by atoms with E-state index in [9.17, 15) is 18.3 Å². The molecule has 0 aliphatic heterocycles. The number of benzene rings is 3. The molecule has 0 amide bonds. The number of ether oxygens (including phenoxy) is 1. The predicted molar refractivity (Wildman–Crippen MR) is 113 cm³/mol. The standard InChI is InChI=1S/C22H23NO5S/c1-2-3-8-15-28-20-13-14-21(17-10-5-4-9-16(17)20)29(26,27)23-19-12-7-6-11-18(19)22(24)25/h4-7,9-14,23H,2-3,8,15H2,1H3,(H,24,25). The van der Waals surface area contributed by atoms with Gasteiger partial charge >= 0.3 is 5.97 Å². The fourth-order valence-corrected chi connectivity index (χ4v) is 4.39. The van der Waals surface area contributed by atoms with Crippen LogP contribution < -0.4 is 9.46 Å². The van der Waals surface area contributed by atoms with Gasteiger partial charge in [-0.2, -0.15) is 0 Å². The maximum absolute atomic E-state index is 13.1. The summed E-state index contributed by atoms with van der Waals surface area (Å²) in [6.45, 7) is 2.68. The van der Waals surface area contributed by atoms with Gasteiger partial charge in [0.1, 0.15) is 5.75 Å². The van der Waals surface area contributed by atoms with E-state index in [-0.39, 0.29) is 16.1 Å². The number of carbonyl (C=O) groups is 1. The second-order valence-electron chi connectivity index (χ2n) is 6.62. The highest BCUT2D eigenvalue weighted by atomic mass is 32.2. The molecule has 0 bridgehead atoms. The lowest BCUT2D eigenvalue weighted by atomic mass is 10.1. The lowest BCUT2D eigenvalue weighted by Crippen LogP contribution is -2.16. The van der Waals surface area contributed by atoms with Gasteiger partial charge in [0, 0.05) is 10.8 Å². The van der Waals surface area contributed by atoms with Gasteiger partial charge < -0.3 is 9.84 Å². The maximum atomic E-state index is 13.1. The fraction of sp³-hybridized carbons (Fsp3) is 0.227. The molecule has 0 aromatic heterocycles. The third kappa shape index (κ3) is 4.68. The van der Waals surface area contributed by atoms with Crippen LogP contribution in [0, 0.1) is 0 Å². The third-order valence-corrected chi connectivity index (χ3v) is 5.96. The Morgan fingerprint density at radius 3 is 2.38 bits per heavy atom. The predicted octanol–water partition coefficient (Wildman–Crippen LogP) is 4.91. The molecule has 0 saturated heterocycles. The lowest BCUT2D eigenvalue weighted by molar-refractivity contribution is 0.0698. The first-order valence-corrected chi connectivity index (χ1v) is 10.9. The molecule has 7 heteroatoms. The van der Waals surface area contributed by atoms with Gasteiger partial charge in [0.15, 0.2) is 0 Å². The van der Waals surface area contributed by atoms with Gasteiger partial charge in [0.25, 0.3) is 10.0 Å². The molecule has 0 aliphatic carbocycles. The van der Waals surface area contributed by atoms with Gasteiger partial charge in [-0.15, -0.1) is 0 Å². The average molecular weight is 413 g/mol. The van der Waals surface area contributed by atoms with E-state index in [1.165, 1.54) is 18.2 Å². The number of fused-ring (bicyclic) bond motifs is 1. The maximum Gasteiger partial charge on any atom is 0.337 e. The zero-order chi connectivity index (χ0) is 20.9. The molecule has 0 aliphatic rings. The molecule has 0 saturated carbocycles. The van der Waals surface area contributed by atoms with Crippen LogP contribution in [0.5, 0.6) is 5.75 Å². The zero-order valence-electron chi connectivity index (χ0n) is 16.1. The largest absolute Gasteiger partial charge is 0.493 e. The Morgan fingerprint density at radius 2 is 1.66 bits per heavy atom. The summed E-state index contributed by atoms with van der Waals surface area (Å²) >= 11 is 0. The normalized spacial score (nSPS) is 11.3. The number of unbranched alkanes of at least 4 members (excludes halogenated alkanes) is 2. The lowest BCUT2D eigenvalue weighted by Gasteiger charge is -2.15. The molecular weight excluding hydrogens is 390 g/mol. The van der Waals surface area contributed by atoms with E-state index in [4.69, 9.17) is 4.74 Å². The SMILES string of the molecule is CCCCCOc1ccc(S(=O)(=O)Nc2ccccc2C(=O)O)c2ccccc12. The molecule has 3 rings (SSSR count). The van der Waals surface area contributed by atoms with Crippen LogP contribution >= 0.6 is 0 Å². The Balaban J connectivity index is 1.98. The van der Waals surface area contributed by atoms with Gasteiger partial charge in [-0.3, -0.25) is 4.72 Å². The number of para-hydroxylation sites is 1. The highest BCUT2D eigenvalue weighted by Crippen LogP contribution is 2.32. The first kappa shape index (κ1) is 20.7. The smallest absolute Gasteiger partial charge is 0.337 e. The second kappa shape index (κ2) is 8.96. The number of anilines is 1. The number of rotatable bonds is 9. The van der Waals surface area contributed by atoms with Crippen molar-refractivity contribution >= 4 is 32.5 Å². The average Bonchev–Trinajstić information content (AvgIpc) is 2.71. The Labute approximate surface area is 170 Å². The van der Waals surface area contributed by atoms with Crippen molar-refractivity contribution in [1.29, 1.82) is 0 Å². The third-order valence-electron chi connectivity index (χ3n) is 4.54. The van der Waals surface area contributed by atoms with Gasteiger partial charge in [-0.1, -0.05) is 56.2 Å². The van der Waals surface area contributed by atoms with Crippen molar-refractivity contribution in [1.82, 2.24) is 0 Å². The van der Waals surface area contributed by atoms with Crippen LogP contribution in [0.1, 0.15) is 36.5 Å². The number of sulfonamides is 1. The molecule has 152 valence electrons. The number of hydrogen-bond donors (Lipinski definition) is 2. The Bertz CT molecular complexity index is 1130. The van der Waals surface area contributed by atoms with E-state index in [0.29, 0.717) is 23.1 Å². The van der Waals surface area contributed by atoms with Crippen LogP contribution in [0.3, 0.4) is 0 Å². The van der Waals surface area contributed by atoms with Gasteiger partial charge in [0.05, 0.1) is 22.8 Å². The highest BCUT2D eigenvalue weighted by Gasteiger charge is 2.21. The van der Waals surface area contributed by atoms with Crippen LogP contribution in [-0.2, 0) is 10.0 Å². The van der Waals surface area contributed by atoms with Crippen LogP contribution in [0.15, 0.2) is 65.6 Å². The Morgan fingerprint density at radius 1 is 0.966 bits per heavy atom. The molecule has 29 heavy (non-hydrogen) atoms. The monoisotopic (exact) mass is 413 g/mol. The number of nitrogens with one attached hydrogen (secondary N) is 1. The Kier molecular flexibility index (Phi) is 6.39. The zero-order valence-corrected chi connectivity index (χ0v) is 16.9. The van der Waals surface area contributed by atoms with E-state index in [0.717, 1.165) is 19.3 Å². The number of carboxylic acid groups (broad SMARTS) is 1. The quantitative estimate of drug-likeness (QED) is 0.486. The minimum absolute atomic E-state index is 0.0176. The van der Waals surface area contributed by atoms with Crippen molar-refractivity contribution in [2.75, 3.05) is 11.3 Å². The molecule has 2 N–H and O–H groups in total. The van der Waals surface area contributed by atoms with Crippen molar-refractivity contribution in [3.8, 4) is 5.75 Å². The van der Waals surface area contributed by atoms with Crippen LogP contribution in [0.4, 0.5) is 5.69 Å². The first-order chi connectivity index (χ1) is 13.9. The van der Waals surface area contributed by atoms with Crippen LogP contribution in [-0.4, -0.2) is 26.1 Å². The molecule has 0 heterocycles. The summed E-state index contributed by atoms with van der Waals surface area (Å²) in [7, 11) is -4.01. The summed E-state index contributed by atoms with van der Waals surface area (Å²) in [5.41, 5.74) is -0.0970. The van der Waals surface area contributed by atoms with Gasteiger partial charge in [-0.05, 0) is 30.7 Å². The van der Waals surface area contributed by atoms with E-state index in [1.807, 2.05) is 12.1 Å². The molecule has 0 fully saturated rings. The summed E-state index contributed by atoms with van der Waals surface area (Å²) in [4.78, 5) is 11.5. The summed E-state index contributed by atoms with van der Waals surface area (Å²) < 4.78 is 34.4. The van der Waals surface area contributed by atoms with Crippen LogP contribution in [0.25, 0.3) is 10.8 Å². The Hall–Kier alpha value is -3.06. The molecule has 0 spiro atoms. The summed E-state index contributed by atoms with van der Waals surface area (Å²) in [5, 5.41) is 10.5. The van der Waals surface area contributed by atoms with Gasteiger partial charge in [-0.25, -0.2) is 13.2 Å². The van der Waals surface area contributed by atoms with E-state index in [1.54, 1.807) is 30.3 Å². The molecule has 6 nitrogen and oxygen atoms in total. The summed E-state index contributed by atoms with van der Waals surface area (Å²) in [6, 6.07) is 16.1. The van der Waals surface area contributed by atoms with E-state index >= 15 is 0 Å². The minimum atomic E-state index is -4.01. The van der Waals surface area contributed by atoms with Crippen molar-refractivity contribution in [2.45, 2.75) is 31.1 Å². The van der Waals surface area contributed by atoms with Crippen molar-refractivity contribution in [2.24, 2.45) is 0 Å². The fourth-order valence-electron chi connectivity index (χ4n) is 3.10. The highest BCUT2D eigenvalue weighted by molar-refractivity contribution is 7.93. The first-order valence-electron chi connectivity index (χ1n) is 9.43. The minimum Gasteiger partial charge on any atom is -0.493 e. The van der Waals surface area contributed by atoms with Crippen molar-refractivity contribution in [3.63, 3.8) is 0 Å². The van der Waals surface area contributed by atoms with Gasteiger partial charge in [0.2, 0.25) is 0 Å². The molecule has 0 radical (unpaired) electrons. The molecular formula is C22H23NO5S. The molecule has 3 aromatic carbocycles. The van der Waals surface area contributed by atoms with E-state index < -0.39 is 16.0 Å². The summed E-state index contributed by atoms with van der Waals surface area (Å²) in [5.74, 6) is -0.578. The number of aromatic carboxylic acids is 1. The molecule has 0 atom stereocenters. The van der Waals surface area contributed by atoms with Crippen LogP contribution in [0.2, 0.25) is 0 Å². The topological polar surface area (TPSA) is 92.7 Å². The van der Waals surface area contributed by atoms with Crippen molar-refractivity contribution in [3.05, 3.63) is 66.2 Å². The number of hydrogen-bond acceptors (Lipinski definition) is 4.